The first-order valence-corrected chi connectivity index (χ1v) is 25.8. The number of hydrogen-bond donors (Lipinski definition) is 1. The third kappa shape index (κ3) is 8.90. The molecule has 0 spiro atoms. The Labute approximate surface area is 416 Å². The van der Waals surface area contributed by atoms with Crippen LogP contribution in [0, 0.1) is 11.8 Å². The number of ether oxygens (including phenoxy) is 4. The second kappa shape index (κ2) is 18.9. The minimum atomic E-state index is -4.80. The summed E-state index contributed by atoms with van der Waals surface area (Å²) in [5.41, 5.74) is 16.2. The van der Waals surface area contributed by atoms with E-state index in [0.717, 1.165) is 108 Å². The van der Waals surface area contributed by atoms with Crippen LogP contribution in [0.1, 0.15) is 59.1 Å². The number of rotatable bonds is 10. The van der Waals surface area contributed by atoms with Crippen LogP contribution in [0.3, 0.4) is 0 Å². The Morgan fingerprint density at radius 1 is 0.493 bits per heavy atom. The molecule has 71 heavy (non-hydrogen) atoms. The summed E-state index contributed by atoms with van der Waals surface area (Å²) in [6.45, 7) is 4.65. The maximum Gasteiger partial charge on any atom is 0.527 e. The lowest BCUT2D eigenvalue weighted by Gasteiger charge is -2.40. The van der Waals surface area contributed by atoms with Crippen LogP contribution in [-0.2, 0) is 28.4 Å². The molecule has 8 aromatic rings. The number of phosphoric acid groups is 1. The normalized spacial score (nSPS) is 21.0. The predicted octanol–water partition coefficient (Wildman–Crippen LogP) is 14.8. The molecular weight excluding hydrogens is 904 g/mol. The summed E-state index contributed by atoms with van der Waals surface area (Å²) in [6, 6.07) is 56.3. The van der Waals surface area contributed by atoms with Crippen molar-refractivity contribution in [3.05, 3.63) is 197 Å². The van der Waals surface area contributed by atoms with E-state index in [9.17, 15) is 4.89 Å². The van der Waals surface area contributed by atoms with Gasteiger partial charge in [-0.3, -0.25) is 9.42 Å². The molecule has 5 unspecified atom stereocenters. The van der Waals surface area contributed by atoms with Crippen LogP contribution >= 0.6 is 7.82 Å². The highest BCUT2D eigenvalue weighted by Gasteiger charge is 2.50. The molecule has 1 aliphatic heterocycles. The third-order valence-electron chi connectivity index (χ3n) is 15.2. The minimum absolute atomic E-state index is 0.348. The van der Waals surface area contributed by atoms with Crippen LogP contribution in [0.2, 0.25) is 0 Å². The van der Waals surface area contributed by atoms with Gasteiger partial charge in [0.05, 0.1) is 34.5 Å². The number of methoxy groups -OCH3 is 4. The molecule has 8 nitrogen and oxygen atoms in total. The molecule has 1 heterocycles. The van der Waals surface area contributed by atoms with Crippen molar-refractivity contribution in [3.8, 4) is 84.4 Å². The average Bonchev–Trinajstić information content (AvgIpc) is 3.54. The van der Waals surface area contributed by atoms with Gasteiger partial charge in [-0.1, -0.05) is 98.8 Å². The lowest BCUT2D eigenvalue weighted by molar-refractivity contribution is 0.107. The Morgan fingerprint density at radius 2 is 0.930 bits per heavy atom. The van der Waals surface area contributed by atoms with Gasteiger partial charge < -0.3 is 23.5 Å². The van der Waals surface area contributed by atoms with E-state index in [1.165, 1.54) is 16.7 Å². The Bertz CT molecular complexity index is 3180. The number of phosphoric ester groups is 1. The molecule has 0 aromatic heterocycles. The van der Waals surface area contributed by atoms with E-state index in [0.29, 0.717) is 24.0 Å². The van der Waals surface area contributed by atoms with E-state index >= 15 is 4.57 Å². The molecule has 0 fully saturated rings. The fourth-order valence-corrected chi connectivity index (χ4v) is 12.3. The summed E-state index contributed by atoms with van der Waals surface area (Å²) in [4.78, 5) is 12.3. The molecule has 0 bridgehead atoms. The molecule has 8 aromatic carbocycles. The number of hydrogen-bond acceptors (Lipinski definition) is 7. The number of fused-ring (bicyclic) bond motifs is 7. The highest BCUT2D eigenvalue weighted by Crippen LogP contribution is 2.62. The van der Waals surface area contributed by atoms with Crippen LogP contribution in [0.15, 0.2) is 164 Å². The van der Waals surface area contributed by atoms with E-state index in [4.69, 9.17) is 28.0 Å². The fourth-order valence-electron chi connectivity index (χ4n) is 11.2. The smallest absolute Gasteiger partial charge is 0.497 e. The van der Waals surface area contributed by atoms with Gasteiger partial charge in [-0.05, 0) is 188 Å². The van der Waals surface area contributed by atoms with E-state index in [2.05, 4.69) is 129 Å². The minimum Gasteiger partial charge on any atom is -0.497 e. The van der Waals surface area contributed by atoms with Gasteiger partial charge in [-0.15, -0.1) is 0 Å². The third-order valence-corrected chi connectivity index (χ3v) is 16.1. The van der Waals surface area contributed by atoms with Crippen molar-refractivity contribution >= 4 is 7.82 Å². The standard InChI is InChI=1S/C62H57O8P/c1-37-27-48-36-58(50-33-46(41-15-23-53(67-5)24-16-41)30-47(34-50)42-17-25-54(68-6)26-18-42)62-60(56(48)28-38(37)2)59-55-10-8-7-9-43(55)35-57(61(59)69-71(63,64)70-62)49-31-44(39-11-19-51(65-3)20-12-39)29-45(32-49)40-13-21-52(66-4)22-14-40/h7-26,29-34,36-38,57,59,61H,27-28,35H2,1-6H3,(H,63,64)/t37?,38?,57?,59-,61?/m1/s1. The summed E-state index contributed by atoms with van der Waals surface area (Å²) in [7, 11) is 1.87. The first-order chi connectivity index (χ1) is 34.5. The van der Waals surface area contributed by atoms with Gasteiger partial charge in [0, 0.05) is 23.0 Å². The molecular formula is C62H57O8P. The molecule has 0 amide bonds. The van der Waals surface area contributed by atoms with Crippen LogP contribution in [0.25, 0.3) is 55.6 Å². The second-order valence-corrected chi connectivity index (χ2v) is 20.7. The summed E-state index contributed by atoms with van der Waals surface area (Å²) in [5.74, 6) is 3.46. The van der Waals surface area contributed by atoms with Crippen molar-refractivity contribution in [3.63, 3.8) is 0 Å². The van der Waals surface area contributed by atoms with E-state index in [-0.39, 0.29) is 5.92 Å². The van der Waals surface area contributed by atoms with Gasteiger partial charge in [-0.25, -0.2) is 4.57 Å². The summed E-state index contributed by atoms with van der Waals surface area (Å²) in [6.07, 6.45) is 1.47. The topological polar surface area (TPSA) is 92.7 Å². The van der Waals surface area contributed by atoms with Gasteiger partial charge in [-0.2, -0.15) is 0 Å². The molecule has 0 saturated carbocycles. The Balaban J connectivity index is 1.15. The molecule has 3 aliphatic rings. The molecule has 11 rings (SSSR count). The molecule has 6 atom stereocenters. The maximum absolute atomic E-state index is 15.1. The van der Waals surface area contributed by atoms with Crippen LogP contribution in [-0.4, -0.2) is 39.4 Å². The first-order valence-electron chi connectivity index (χ1n) is 24.3. The average molecular weight is 961 g/mol. The Kier molecular flexibility index (Phi) is 12.3. The van der Waals surface area contributed by atoms with Gasteiger partial charge in [0.2, 0.25) is 0 Å². The summed E-state index contributed by atoms with van der Waals surface area (Å²) < 4.78 is 50.7. The monoisotopic (exact) mass is 960 g/mol. The van der Waals surface area contributed by atoms with Crippen LogP contribution in [0.5, 0.6) is 28.7 Å². The van der Waals surface area contributed by atoms with Crippen molar-refractivity contribution in [2.75, 3.05) is 28.4 Å². The van der Waals surface area contributed by atoms with E-state index in [1.807, 2.05) is 48.5 Å². The van der Waals surface area contributed by atoms with E-state index < -0.39 is 19.8 Å². The zero-order valence-corrected chi connectivity index (χ0v) is 41.7. The SMILES string of the molecule is COc1ccc(-c2cc(-c3ccc(OC)cc3)cc(-c3cc4c(c5c3OP(=O)(O)OC3C(c6cc(-c7ccc(OC)cc7)cc(-c7ccc(OC)cc7)c6)Cc6ccccc6[C@H]53)CC(C)C(C)C4)c2)cc1. The summed E-state index contributed by atoms with van der Waals surface area (Å²) in [5, 5.41) is 0. The van der Waals surface area contributed by atoms with E-state index in [1.54, 1.807) is 28.4 Å². The molecule has 2 aliphatic carbocycles. The van der Waals surface area contributed by atoms with Crippen LogP contribution in [0.4, 0.5) is 0 Å². The van der Waals surface area contributed by atoms with Crippen molar-refractivity contribution in [2.24, 2.45) is 11.8 Å². The van der Waals surface area contributed by atoms with Gasteiger partial charge >= 0.3 is 7.82 Å². The first kappa shape index (κ1) is 46.3. The van der Waals surface area contributed by atoms with Crippen molar-refractivity contribution in [1.29, 1.82) is 0 Å². The van der Waals surface area contributed by atoms with Gasteiger partial charge in [0.15, 0.2) is 0 Å². The highest BCUT2D eigenvalue weighted by molar-refractivity contribution is 7.47. The molecule has 0 saturated heterocycles. The highest BCUT2D eigenvalue weighted by atomic mass is 31.2. The quantitative estimate of drug-likeness (QED) is 0.136. The molecule has 9 heteroatoms. The zero-order valence-electron chi connectivity index (χ0n) is 40.8. The number of benzene rings is 8. The second-order valence-electron chi connectivity index (χ2n) is 19.3. The Morgan fingerprint density at radius 3 is 1.41 bits per heavy atom. The van der Waals surface area contributed by atoms with Crippen molar-refractivity contribution in [1.82, 2.24) is 0 Å². The van der Waals surface area contributed by atoms with Crippen molar-refractivity contribution in [2.45, 2.75) is 51.0 Å². The largest absolute Gasteiger partial charge is 0.527 e. The molecule has 1 N–H and O–H groups in total. The molecule has 0 radical (unpaired) electrons. The maximum atomic E-state index is 15.1. The van der Waals surface area contributed by atoms with Gasteiger partial charge in [0.25, 0.3) is 0 Å². The van der Waals surface area contributed by atoms with Gasteiger partial charge in [0.1, 0.15) is 28.7 Å². The Hall–Kier alpha value is -7.09. The molecule has 358 valence electrons. The zero-order chi connectivity index (χ0) is 49.0. The van der Waals surface area contributed by atoms with Crippen molar-refractivity contribution < 1.29 is 37.5 Å². The summed E-state index contributed by atoms with van der Waals surface area (Å²) >= 11 is 0. The predicted molar refractivity (Wildman–Crippen MR) is 282 cm³/mol. The van der Waals surface area contributed by atoms with Crippen LogP contribution < -0.4 is 23.5 Å². The lowest BCUT2D eigenvalue weighted by Crippen LogP contribution is -2.36. The lowest BCUT2D eigenvalue weighted by atomic mass is 9.65. The fraction of sp³-hybridized carbons (Fsp3) is 0.226.